The van der Waals surface area contributed by atoms with Gasteiger partial charge in [-0.3, -0.25) is 4.90 Å². The maximum absolute atomic E-state index is 5.69. The highest BCUT2D eigenvalue weighted by molar-refractivity contribution is 5.09. The molecule has 2 fully saturated rings. The molecular weight excluding hydrogens is 224 g/mol. The third kappa shape index (κ3) is 2.47. The van der Waals surface area contributed by atoms with E-state index in [-0.39, 0.29) is 0 Å². The predicted octanol–water partition coefficient (Wildman–Crippen LogP) is 2.86. The van der Waals surface area contributed by atoms with Gasteiger partial charge in [0.25, 0.3) is 0 Å². The fourth-order valence-corrected chi connectivity index (χ4v) is 3.21. The van der Waals surface area contributed by atoms with Crippen LogP contribution < -0.4 is 5.32 Å². The number of nitrogens with zero attached hydrogens (tertiary/aromatic N) is 1. The normalized spacial score (nSPS) is 30.8. The number of hydrogen-bond acceptors (Lipinski definition) is 3. The lowest BCUT2D eigenvalue weighted by atomic mass is 10.1. The molecule has 0 amide bonds. The summed E-state index contributed by atoms with van der Waals surface area (Å²) in [7, 11) is 0. The Kier molecular flexibility index (Phi) is 3.20. The summed E-state index contributed by atoms with van der Waals surface area (Å²) in [5, 5.41) is 3.72. The first-order chi connectivity index (χ1) is 8.63. The third-order valence-electron chi connectivity index (χ3n) is 4.31. The van der Waals surface area contributed by atoms with Gasteiger partial charge in [-0.1, -0.05) is 0 Å². The van der Waals surface area contributed by atoms with Crippen LogP contribution in [0.3, 0.4) is 0 Å². The van der Waals surface area contributed by atoms with Gasteiger partial charge in [-0.15, -0.1) is 0 Å². The van der Waals surface area contributed by atoms with Gasteiger partial charge in [0.2, 0.25) is 0 Å². The number of aryl methyl sites for hydroxylation is 1. The van der Waals surface area contributed by atoms with E-state index in [1.54, 1.807) is 0 Å². The molecule has 1 aromatic heterocycles. The minimum absolute atomic E-state index is 0.315. The molecule has 1 saturated heterocycles. The van der Waals surface area contributed by atoms with E-state index in [1.807, 2.05) is 13.0 Å². The molecule has 1 aromatic rings. The van der Waals surface area contributed by atoms with E-state index in [4.69, 9.17) is 4.42 Å². The number of rotatable bonds is 4. The highest BCUT2D eigenvalue weighted by atomic mass is 16.3. The van der Waals surface area contributed by atoms with Gasteiger partial charge in [0.05, 0.1) is 6.04 Å². The maximum atomic E-state index is 5.69. The quantitative estimate of drug-likeness (QED) is 0.888. The molecule has 3 heteroatoms. The molecule has 2 heterocycles. The minimum Gasteiger partial charge on any atom is -0.465 e. The number of nitrogens with one attached hydrogen (secondary N) is 1. The van der Waals surface area contributed by atoms with Gasteiger partial charge in [0.1, 0.15) is 11.5 Å². The third-order valence-corrected chi connectivity index (χ3v) is 4.31. The molecule has 1 aliphatic carbocycles. The molecular formula is C15H24N2O. The Bertz CT molecular complexity index is 410. The van der Waals surface area contributed by atoms with Crippen LogP contribution in [0.5, 0.6) is 0 Å². The van der Waals surface area contributed by atoms with Gasteiger partial charge >= 0.3 is 0 Å². The molecule has 0 bridgehead atoms. The fourth-order valence-electron chi connectivity index (χ4n) is 3.21. The Labute approximate surface area is 110 Å². The van der Waals surface area contributed by atoms with Crippen LogP contribution in [0.4, 0.5) is 0 Å². The SMILES string of the molecule is Cc1ccc(C(C)NC2CC(C)N(C3CC3)C2)o1. The van der Waals surface area contributed by atoms with Gasteiger partial charge in [-0.2, -0.15) is 0 Å². The van der Waals surface area contributed by atoms with Gasteiger partial charge in [0, 0.05) is 24.7 Å². The first kappa shape index (κ1) is 12.2. The minimum atomic E-state index is 0.315. The summed E-state index contributed by atoms with van der Waals surface area (Å²) in [6, 6.07) is 6.68. The second kappa shape index (κ2) is 4.71. The molecule has 3 atom stereocenters. The van der Waals surface area contributed by atoms with Crippen LogP contribution in [0.1, 0.15) is 50.7 Å². The van der Waals surface area contributed by atoms with Gasteiger partial charge in [0.15, 0.2) is 0 Å². The molecule has 0 aromatic carbocycles. The summed E-state index contributed by atoms with van der Waals surface area (Å²) < 4.78 is 5.69. The maximum Gasteiger partial charge on any atom is 0.120 e. The van der Waals surface area contributed by atoms with Crippen molar-refractivity contribution in [3.05, 3.63) is 23.7 Å². The van der Waals surface area contributed by atoms with Gasteiger partial charge < -0.3 is 9.73 Å². The zero-order valence-corrected chi connectivity index (χ0v) is 11.6. The highest BCUT2D eigenvalue weighted by Crippen LogP contribution is 2.33. The molecule has 18 heavy (non-hydrogen) atoms. The van der Waals surface area contributed by atoms with Crippen LogP contribution in [-0.2, 0) is 0 Å². The Morgan fingerprint density at radius 2 is 2.17 bits per heavy atom. The van der Waals surface area contributed by atoms with Crippen molar-refractivity contribution in [3.8, 4) is 0 Å². The molecule has 1 saturated carbocycles. The van der Waals surface area contributed by atoms with E-state index in [0.29, 0.717) is 12.1 Å². The molecule has 0 spiro atoms. The molecule has 3 rings (SSSR count). The van der Waals surface area contributed by atoms with E-state index < -0.39 is 0 Å². The summed E-state index contributed by atoms with van der Waals surface area (Å²) in [5.41, 5.74) is 0. The van der Waals surface area contributed by atoms with Crippen molar-refractivity contribution in [2.24, 2.45) is 0 Å². The molecule has 0 radical (unpaired) electrons. The lowest BCUT2D eigenvalue weighted by Gasteiger charge is -2.20. The summed E-state index contributed by atoms with van der Waals surface area (Å²) >= 11 is 0. The molecule has 3 nitrogen and oxygen atoms in total. The molecule has 2 aliphatic rings. The summed E-state index contributed by atoms with van der Waals surface area (Å²) in [6.07, 6.45) is 4.08. The van der Waals surface area contributed by atoms with Crippen LogP contribution in [-0.4, -0.2) is 29.6 Å². The van der Waals surface area contributed by atoms with Crippen molar-refractivity contribution in [3.63, 3.8) is 0 Å². The highest BCUT2D eigenvalue weighted by Gasteiger charge is 2.39. The van der Waals surface area contributed by atoms with Crippen LogP contribution in [0, 0.1) is 6.92 Å². The summed E-state index contributed by atoms with van der Waals surface area (Å²) in [6.45, 7) is 7.77. The number of hydrogen-bond donors (Lipinski definition) is 1. The second-order valence-corrected chi connectivity index (χ2v) is 6.05. The lowest BCUT2D eigenvalue weighted by molar-refractivity contribution is 0.253. The molecule has 1 N–H and O–H groups in total. The smallest absolute Gasteiger partial charge is 0.120 e. The Morgan fingerprint density at radius 1 is 1.39 bits per heavy atom. The molecule has 3 unspecified atom stereocenters. The van der Waals surface area contributed by atoms with Gasteiger partial charge in [-0.25, -0.2) is 0 Å². The fraction of sp³-hybridized carbons (Fsp3) is 0.733. The van der Waals surface area contributed by atoms with Crippen LogP contribution in [0.2, 0.25) is 0 Å². The van der Waals surface area contributed by atoms with Crippen molar-refractivity contribution in [1.82, 2.24) is 10.2 Å². The summed E-state index contributed by atoms with van der Waals surface area (Å²) in [5.74, 6) is 2.06. The largest absolute Gasteiger partial charge is 0.465 e. The van der Waals surface area contributed by atoms with Crippen LogP contribution in [0.15, 0.2) is 16.5 Å². The van der Waals surface area contributed by atoms with E-state index in [2.05, 4.69) is 30.1 Å². The van der Waals surface area contributed by atoms with Crippen molar-refractivity contribution in [1.29, 1.82) is 0 Å². The van der Waals surface area contributed by atoms with Crippen molar-refractivity contribution in [2.75, 3.05) is 6.54 Å². The number of furan rings is 1. The topological polar surface area (TPSA) is 28.4 Å². The van der Waals surface area contributed by atoms with Crippen LogP contribution in [0.25, 0.3) is 0 Å². The first-order valence-corrected chi connectivity index (χ1v) is 7.21. The monoisotopic (exact) mass is 248 g/mol. The Morgan fingerprint density at radius 3 is 2.78 bits per heavy atom. The zero-order chi connectivity index (χ0) is 12.7. The lowest BCUT2D eigenvalue weighted by Crippen LogP contribution is -2.35. The Balaban J connectivity index is 1.57. The van der Waals surface area contributed by atoms with Crippen LogP contribution >= 0.6 is 0 Å². The molecule has 1 aliphatic heterocycles. The second-order valence-electron chi connectivity index (χ2n) is 6.05. The molecule has 100 valence electrons. The first-order valence-electron chi connectivity index (χ1n) is 7.21. The zero-order valence-electron chi connectivity index (χ0n) is 11.6. The average molecular weight is 248 g/mol. The van der Waals surface area contributed by atoms with E-state index in [1.165, 1.54) is 25.8 Å². The number of likely N-dealkylation sites (tertiary alicyclic amines) is 1. The Hall–Kier alpha value is -0.800. The predicted molar refractivity (Wildman–Crippen MR) is 72.6 cm³/mol. The van der Waals surface area contributed by atoms with E-state index in [0.717, 1.165) is 23.6 Å². The van der Waals surface area contributed by atoms with E-state index >= 15 is 0 Å². The van der Waals surface area contributed by atoms with Crippen molar-refractivity contribution < 1.29 is 4.42 Å². The van der Waals surface area contributed by atoms with Crippen molar-refractivity contribution in [2.45, 2.75) is 64.2 Å². The van der Waals surface area contributed by atoms with Gasteiger partial charge in [-0.05, 0) is 52.2 Å². The standard InChI is InChI=1S/C15H24N2O/c1-10-8-13(9-17(10)14-5-6-14)16-12(3)15-7-4-11(2)18-15/h4,7,10,12-14,16H,5-6,8-9H2,1-3H3. The summed E-state index contributed by atoms with van der Waals surface area (Å²) in [4.78, 5) is 2.68. The van der Waals surface area contributed by atoms with Crippen molar-refractivity contribution >= 4 is 0 Å². The average Bonchev–Trinajstić information content (AvgIpc) is 2.97. The van der Waals surface area contributed by atoms with E-state index in [9.17, 15) is 0 Å².